The van der Waals surface area contributed by atoms with Crippen molar-refractivity contribution in [3.63, 3.8) is 0 Å². The smallest absolute Gasteiger partial charge is 0.315 e. The summed E-state index contributed by atoms with van der Waals surface area (Å²) < 4.78 is 0. The minimum atomic E-state index is -0.790. The zero-order valence-electron chi connectivity index (χ0n) is 13.0. The molecule has 0 aromatic rings. The number of hydrogen-bond acceptors (Lipinski definition) is 2. The molecule has 2 amide bonds. The number of carbonyl (C=O) groups is 2. The molecule has 0 aromatic carbocycles. The summed E-state index contributed by atoms with van der Waals surface area (Å²) in [6, 6.07) is -0.201. The second-order valence-electron chi connectivity index (χ2n) is 6.63. The first-order valence-corrected chi connectivity index (χ1v) is 7.54. The van der Waals surface area contributed by atoms with Gasteiger partial charge in [0, 0.05) is 12.6 Å². The molecule has 0 heterocycles. The summed E-state index contributed by atoms with van der Waals surface area (Å²) in [4.78, 5) is 23.4. The van der Waals surface area contributed by atoms with E-state index in [-0.39, 0.29) is 18.6 Å². The molecule has 0 spiro atoms. The van der Waals surface area contributed by atoms with Gasteiger partial charge in [-0.15, -0.1) is 0 Å². The normalized spacial score (nSPS) is 27.9. The van der Waals surface area contributed by atoms with Gasteiger partial charge >= 0.3 is 12.0 Å². The van der Waals surface area contributed by atoms with Crippen LogP contribution in [0, 0.1) is 17.3 Å². The first-order valence-electron chi connectivity index (χ1n) is 7.54. The molecule has 116 valence electrons. The van der Waals surface area contributed by atoms with E-state index in [1.807, 2.05) is 20.8 Å². The van der Waals surface area contributed by atoms with Crippen molar-refractivity contribution in [3.05, 3.63) is 0 Å². The van der Waals surface area contributed by atoms with Gasteiger partial charge in [0.05, 0.1) is 5.41 Å². The Bertz CT molecular complexity index is 347. The Balaban J connectivity index is 2.52. The zero-order valence-corrected chi connectivity index (χ0v) is 13.0. The van der Waals surface area contributed by atoms with E-state index in [0.717, 1.165) is 12.8 Å². The highest BCUT2D eigenvalue weighted by Gasteiger charge is 2.41. The zero-order chi connectivity index (χ0) is 15.3. The van der Waals surface area contributed by atoms with E-state index < -0.39 is 11.4 Å². The van der Waals surface area contributed by atoms with Crippen LogP contribution in [0.25, 0.3) is 0 Å². The summed E-state index contributed by atoms with van der Waals surface area (Å²) in [6.45, 7) is 8.37. The lowest BCUT2D eigenvalue weighted by Gasteiger charge is -2.36. The van der Waals surface area contributed by atoms with Crippen molar-refractivity contribution in [2.45, 2.75) is 59.4 Å². The number of urea groups is 1. The quantitative estimate of drug-likeness (QED) is 0.726. The Morgan fingerprint density at radius 1 is 1.25 bits per heavy atom. The summed E-state index contributed by atoms with van der Waals surface area (Å²) >= 11 is 0. The SMILES string of the molecule is CC1CCC(CNC(=O)NC(C)C(C)C)(C(=O)O)CC1. The van der Waals surface area contributed by atoms with Gasteiger partial charge in [-0.05, 0) is 44.4 Å². The van der Waals surface area contributed by atoms with Crippen LogP contribution in [0.5, 0.6) is 0 Å². The maximum Gasteiger partial charge on any atom is 0.315 e. The fraction of sp³-hybridized carbons (Fsp3) is 0.867. The van der Waals surface area contributed by atoms with E-state index >= 15 is 0 Å². The van der Waals surface area contributed by atoms with Gasteiger partial charge < -0.3 is 15.7 Å². The molecule has 1 saturated carbocycles. The molecule has 1 rings (SSSR count). The molecule has 0 aromatic heterocycles. The lowest BCUT2D eigenvalue weighted by Crippen LogP contribution is -2.50. The highest BCUT2D eigenvalue weighted by Crippen LogP contribution is 2.38. The maximum atomic E-state index is 11.8. The number of nitrogens with one attached hydrogen (secondary N) is 2. The molecular formula is C15H28N2O3. The number of carboxylic acids is 1. The largest absolute Gasteiger partial charge is 0.481 e. The minimum Gasteiger partial charge on any atom is -0.481 e. The molecule has 1 unspecified atom stereocenters. The highest BCUT2D eigenvalue weighted by atomic mass is 16.4. The molecule has 20 heavy (non-hydrogen) atoms. The maximum absolute atomic E-state index is 11.8. The molecule has 5 heteroatoms. The predicted octanol–water partition coefficient (Wildman–Crippen LogP) is 2.61. The van der Waals surface area contributed by atoms with Crippen molar-refractivity contribution in [2.24, 2.45) is 17.3 Å². The highest BCUT2D eigenvalue weighted by molar-refractivity contribution is 5.78. The topological polar surface area (TPSA) is 78.4 Å². The molecule has 1 aliphatic rings. The molecule has 1 atom stereocenters. The molecule has 1 fully saturated rings. The summed E-state index contributed by atoms with van der Waals surface area (Å²) in [7, 11) is 0. The molecule has 5 nitrogen and oxygen atoms in total. The van der Waals surface area contributed by atoms with Gasteiger partial charge in [-0.3, -0.25) is 4.79 Å². The van der Waals surface area contributed by atoms with Crippen molar-refractivity contribution in [1.29, 1.82) is 0 Å². The molecule has 0 saturated heterocycles. The van der Waals surface area contributed by atoms with Crippen molar-refractivity contribution in [3.8, 4) is 0 Å². The Morgan fingerprint density at radius 3 is 2.25 bits per heavy atom. The molecule has 3 N–H and O–H groups in total. The third-order valence-electron chi connectivity index (χ3n) is 4.63. The van der Waals surface area contributed by atoms with Crippen LogP contribution in [-0.2, 0) is 4.79 Å². The summed E-state index contributed by atoms with van der Waals surface area (Å²) in [5.41, 5.74) is -0.787. The fourth-order valence-electron chi connectivity index (χ4n) is 2.45. The predicted molar refractivity (Wildman–Crippen MR) is 78.5 cm³/mol. The van der Waals surface area contributed by atoms with Gasteiger partial charge in [-0.2, -0.15) is 0 Å². The fourth-order valence-corrected chi connectivity index (χ4v) is 2.45. The van der Waals surface area contributed by atoms with Crippen LogP contribution in [0.1, 0.15) is 53.4 Å². The van der Waals surface area contributed by atoms with Crippen molar-refractivity contribution >= 4 is 12.0 Å². The van der Waals surface area contributed by atoms with Gasteiger partial charge in [0.2, 0.25) is 0 Å². The van der Waals surface area contributed by atoms with Gasteiger partial charge in [0.1, 0.15) is 0 Å². The van der Waals surface area contributed by atoms with Gasteiger partial charge in [-0.1, -0.05) is 20.8 Å². The van der Waals surface area contributed by atoms with Crippen molar-refractivity contribution < 1.29 is 14.7 Å². The molecule has 0 aliphatic heterocycles. The number of hydrogen-bond donors (Lipinski definition) is 3. The Hall–Kier alpha value is -1.26. The van der Waals surface area contributed by atoms with Crippen molar-refractivity contribution in [2.75, 3.05) is 6.54 Å². The van der Waals surface area contributed by atoms with E-state index in [4.69, 9.17) is 0 Å². The molecule has 1 aliphatic carbocycles. The molecule has 0 bridgehead atoms. The Morgan fingerprint density at radius 2 is 1.80 bits per heavy atom. The van der Waals surface area contributed by atoms with E-state index in [1.54, 1.807) is 0 Å². The standard InChI is InChI=1S/C15H28N2O3/c1-10(2)12(4)17-14(20)16-9-15(13(18)19)7-5-11(3)6-8-15/h10-12H,5-9H2,1-4H3,(H,18,19)(H2,16,17,20). The van der Waals surface area contributed by atoms with Crippen LogP contribution in [0.4, 0.5) is 4.79 Å². The number of amides is 2. The summed E-state index contributed by atoms with van der Waals surface area (Å²) in [6.07, 6.45) is 3.11. The van der Waals surface area contributed by atoms with Crippen molar-refractivity contribution in [1.82, 2.24) is 10.6 Å². The minimum absolute atomic E-state index is 0.0714. The first kappa shape index (κ1) is 16.8. The molecule has 0 radical (unpaired) electrons. The monoisotopic (exact) mass is 284 g/mol. The number of aliphatic carboxylic acids is 1. The van der Waals surface area contributed by atoms with Gasteiger partial charge in [0.25, 0.3) is 0 Å². The van der Waals surface area contributed by atoms with Crippen LogP contribution >= 0.6 is 0 Å². The van der Waals surface area contributed by atoms with E-state index in [9.17, 15) is 14.7 Å². The second kappa shape index (κ2) is 6.95. The average Bonchev–Trinajstić information content (AvgIpc) is 2.38. The summed E-state index contributed by atoms with van der Waals surface area (Å²) in [5, 5.41) is 15.1. The summed E-state index contributed by atoms with van der Waals surface area (Å²) in [5.74, 6) is 0.142. The van der Waals surface area contributed by atoms with Crippen LogP contribution in [0.2, 0.25) is 0 Å². The first-order chi connectivity index (χ1) is 9.27. The second-order valence-corrected chi connectivity index (χ2v) is 6.63. The van der Waals surface area contributed by atoms with E-state index in [0.29, 0.717) is 24.7 Å². The average molecular weight is 284 g/mol. The van der Waals surface area contributed by atoms with Gasteiger partial charge in [-0.25, -0.2) is 4.79 Å². The van der Waals surface area contributed by atoms with Crippen LogP contribution in [-0.4, -0.2) is 29.7 Å². The van der Waals surface area contributed by atoms with Crippen LogP contribution in [0.15, 0.2) is 0 Å². The number of carbonyl (C=O) groups excluding carboxylic acids is 1. The van der Waals surface area contributed by atoms with E-state index in [1.165, 1.54) is 0 Å². The Kier molecular flexibility index (Phi) is 5.84. The Labute approximate surface area is 121 Å². The lowest BCUT2D eigenvalue weighted by molar-refractivity contribution is -0.151. The number of rotatable bonds is 5. The van der Waals surface area contributed by atoms with Crippen LogP contribution in [0.3, 0.4) is 0 Å². The number of carboxylic acid groups (broad SMARTS) is 1. The van der Waals surface area contributed by atoms with Gasteiger partial charge in [0.15, 0.2) is 0 Å². The third kappa shape index (κ3) is 4.39. The van der Waals surface area contributed by atoms with Crippen LogP contribution < -0.4 is 10.6 Å². The third-order valence-corrected chi connectivity index (χ3v) is 4.63. The van der Waals surface area contributed by atoms with E-state index in [2.05, 4.69) is 17.6 Å². The molecular weight excluding hydrogens is 256 g/mol. The lowest BCUT2D eigenvalue weighted by atomic mass is 9.71.